The van der Waals surface area contributed by atoms with Crippen LogP contribution in [0.15, 0.2) is 5.38 Å². The zero-order valence-electron chi connectivity index (χ0n) is 8.38. The van der Waals surface area contributed by atoms with Crippen LogP contribution in [0.2, 0.25) is 0 Å². The van der Waals surface area contributed by atoms with E-state index in [-0.39, 0.29) is 5.38 Å². The molecule has 1 aromatic heterocycles. The predicted molar refractivity (Wildman–Crippen MR) is 59.7 cm³/mol. The Bertz CT molecular complexity index is 257. The maximum atomic E-state index is 6.15. The highest BCUT2D eigenvalue weighted by molar-refractivity contribution is 7.09. The fraction of sp³-hybridized carbons (Fsp3) is 0.700. The Morgan fingerprint density at radius 1 is 1.54 bits per heavy atom. The van der Waals surface area contributed by atoms with E-state index in [9.17, 15) is 0 Å². The van der Waals surface area contributed by atoms with Gasteiger partial charge in [0.2, 0.25) is 0 Å². The van der Waals surface area contributed by atoms with E-state index < -0.39 is 0 Å². The van der Waals surface area contributed by atoms with E-state index in [4.69, 9.17) is 11.6 Å². The van der Waals surface area contributed by atoms with Crippen LogP contribution in [0.1, 0.15) is 31.0 Å². The van der Waals surface area contributed by atoms with E-state index in [1.807, 2.05) is 6.92 Å². The van der Waals surface area contributed by atoms with Gasteiger partial charge in [-0.15, -0.1) is 22.9 Å². The first-order valence-corrected chi connectivity index (χ1v) is 5.96. The standard InChI is InChI=1S/C10H16ClNS/c1-7(2)10(11)5-4-9-6-13-8(3)12-9/h6-7,10H,4-5H2,1-3H3. The number of aryl methyl sites for hydroxylation is 2. The third kappa shape index (κ3) is 3.65. The first-order valence-electron chi connectivity index (χ1n) is 4.64. The summed E-state index contributed by atoms with van der Waals surface area (Å²) in [6.45, 7) is 6.35. The second kappa shape index (κ2) is 4.97. The number of aromatic nitrogens is 1. The predicted octanol–water partition coefficient (Wildman–Crippen LogP) is 3.65. The van der Waals surface area contributed by atoms with Crippen molar-refractivity contribution in [1.82, 2.24) is 4.98 Å². The molecule has 0 spiro atoms. The van der Waals surface area contributed by atoms with Crippen molar-refractivity contribution in [3.63, 3.8) is 0 Å². The SMILES string of the molecule is Cc1nc(CCC(Cl)C(C)C)cs1. The molecule has 0 saturated heterocycles. The van der Waals surface area contributed by atoms with Crippen molar-refractivity contribution >= 4 is 22.9 Å². The maximum absolute atomic E-state index is 6.15. The number of halogens is 1. The number of nitrogens with zero attached hydrogens (tertiary/aromatic N) is 1. The van der Waals surface area contributed by atoms with E-state index >= 15 is 0 Å². The minimum absolute atomic E-state index is 0.280. The highest BCUT2D eigenvalue weighted by atomic mass is 35.5. The van der Waals surface area contributed by atoms with Gasteiger partial charge in [0.05, 0.1) is 10.7 Å². The molecule has 74 valence electrons. The summed E-state index contributed by atoms with van der Waals surface area (Å²) in [5.41, 5.74) is 1.19. The largest absolute Gasteiger partial charge is 0.247 e. The minimum atomic E-state index is 0.280. The number of hydrogen-bond acceptors (Lipinski definition) is 2. The molecule has 1 nitrogen and oxygen atoms in total. The highest BCUT2D eigenvalue weighted by Gasteiger charge is 2.10. The van der Waals surface area contributed by atoms with Gasteiger partial charge in [-0.2, -0.15) is 0 Å². The molecule has 1 unspecified atom stereocenters. The maximum Gasteiger partial charge on any atom is 0.0897 e. The fourth-order valence-electron chi connectivity index (χ4n) is 1.14. The van der Waals surface area contributed by atoms with Crippen molar-refractivity contribution in [1.29, 1.82) is 0 Å². The minimum Gasteiger partial charge on any atom is -0.247 e. The van der Waals surface area contributed by atoms with E-state index in [1.54, 1.807) is 11.3 Å². The summed E-state index contributed by atoms with van der Waals surface area (Å²) < 4.78 is 0. The van der Waals surface area contributed by atoms with E-state index in [0.717, 1.165) is 17.8 Å². The van der Waals surface area contributed by atoms with Gasteiger partial charge in [0.1, 0.15) is 0 Å². The lowest BCUT2D eigenvalue weighted by molar-refractivity contribution is 0.563. The molecule has 0 N–H and O–H groups in total. The Morgan fingerprint density at radius 3 is 2.69 bits per heavy atom. The van der Waals surface area contributed by atoms with E-state index in [1.165, 1.54) is 5.69 Å². The van der Waals surface area contributed by atoms with Gasteiger partial charge in [0, 0.05) is 10.8 Å². The van der Waals surface area contributed by atoms with Gasteiger partial charge in [-0.1, -0.05) is 13.8 Å². The molecule has 1 heterocycles. The molecular weight excluding hydrogens is 202 g/mol. The summed E-state index contributed by atoms with van der Waals surface area (Å²) in [5.74, 6) is 0.557. The van der Waals surface area contributed by atoms with Crippen LogP contribution in [-0.2, 0) is 6.42 Å². The van der Waals surface area contributed by atoms with Crippen LogP contribution in [0.5, 0.6) is 0 Å². The molecule has 1 rings (SSSR count). The summed E-state index contributed by atoms with van der Waals surface area (Å²) in [6, 6.07) is 0. The van der Waals surface area contributed by atoms with Crippen molar-refractivity contribution in [3.8, 4) is 0 Å². The molecule has 0 bridgehead atoms. The van der Waals surface area contributed by atoms with Crippen molar-refractivity contribution in [3.05, 3.63) is 16.1 Å². The van der Waals surface area contributed by atoms with Gasteiger partial charge in [0.25, 0.3) is 0 Å². The molecular formula is C10H16ClNS. The lowest BCUT2D eigenvalue weighted by Crippen LogP contribution is -2.08. The normalized spacial score (nSPS) is 13.6. The van der Waals surface area contributed by atoms with Gasteiger partial charge < -0.3 is 0 Å². The van der Waals surface area contributed by atoms with Gasteiger partial charge >= 0.3 is 0 Å². The smallest absolute Gasteiger partial charge is 0.0897 e. The molecule has 0 saturated carbocycles. The molecule has 0 aliphatic carbocycles. The molecule has 3 heteroatoms. The fourth-order valence-corrected chi connectivity index (χ4v) is 1.90. The number of rotatable bonds is 4. The molecule has 0 aromatic carbocycles. The first-order chi connectivity index (χ1) is 6.09. The zero-order valence-corrected chi connectivity index (χ0v) is 9.95. The summed E-state index contributed by atoms with van der Waals surface area (Å²) in [6.07, 6.45) is 2.04. The first kappa shape index (κ1) is 11.0. The Hall–Kier alpha value is -0.0800. The van der Waals surface area contributed by atoms with Crippen LogP contribution in [0.25, 0.3) is 0 Å². The van der Waals surface area contributed by atoms with Crippen molar-refractivity contribution in [2.24, 2.45) is 5.92 Å². The highest BCUT2D eigenvalue weighted by Crippen LogP contribution is 2.17. The lowest BCUT2D eigenvalue weighted by atomic mass is 10.1. The van der Waals surface area contributed by atoms with Gasteiger partial charge in [-0.3, -0.25) is 0 Å². The molecule has 0 aliphatic rings. The molecule has 0 fully saturated rings. The number of hydrogen-bond donors (Lipinski definition) is 0. The topological polar surface area (TPSA) is 12.9 Å². The van der Waals surface area contributed by atoms with Crippen LogP contribution in [0, 0.1) is 12.8 Å². The second-order valence-corrected chi connectivity index (χ2v) is 5.28. The van der Waals surface area contributed by atoms with Crippen LogP contribution < -0.4 is 0 Å². The monoisotopic (exact) mass is 217 g/mol. The second-order valence-electron chi connectivity index (χ2n) is 3.66. The number of thiazole rings is 1. The molecule has 0 amide bonds. The zero-order chi connectivity index (χ0) is 9.84. The van der Waals surface area contributed by atoms with Crippen molar-refractivity contribution in [2.45, 2.75) is 39.0 Å². The Labute approximate surface area is 89.1 Å². The third-order valence-corrected chi connectivity index (χ3v) is 3.61. The average Bonchev–Trinajstić information content (AvgIpc) is 2.47. The van der Waals surface area contributed by atoms with Crippen LogP contribution >= 0.6 is 22.9 Å². The molecule has 0 aliphatic heterocycles. The van der Waals surface area contributed by atoms with Crippen LogP contribution in [-0.4, -0.2) is 10.4 Å². The summed E-state index contributed by atoms with van der Waals surface area (Å²) in [4.78, 5) is 4.40. The van der Waals surface area contributed by atoms with Crippen LogP contribution in [0.3, 0.4) is 0 Å². The summed E-state index contributed by atoms with van der Waals surface area (Å²) in [5, 5.41) is 3.55. The summed E-state index contributed by atoms with van der Waals surface area (Å²) >= 11 is 7.86. The van der Waals surface area contributed by atoms with Crippen LogP contribution in [0.4, 0.5) is 0 Å². The van der Waals surface area contributed by atoms with E-state index in [2.05, 4.69) is 24.2 Å². The molecule has 1 aromatic rings. The van der Waals surface area contributed by atoms with Crippen molar-refractivity contribution < 1.29 is 0 Å². The van der Waals surface area contributed by atoms with E-state index in [0.29, 0.717) is 5.92 Å². The lowest BCUT2D eigenvalue weighted by Gasteiger charge is -2.11. The van der Waals surface area contributed by atoms with Gasteiger partial charge in [0.15, 0.2) is 0 Å². The quantitative estimate of drug-likeness (QED) is 0.702. The molecule has 0 radical (unpaired) electrons. The Morgan fingerprint density at radius 2 is 2.23 bits per heavy atom. The average molecular weight is 218 g/mol. The number of alkyl halides is 1. The molecule has 13 heavy (non-hydrogen) atoms. The Balaban J connectivity index is 2.35. The summed E-state index contributed by atoms with van der Waals surface area (Å²) in [7, 11) is 0. The Kier molecular flexibility index (Phi) is 4.20. The van der Waals surface area contributed by atoms with Gasteiger partial charge in [-0.05, 0) is 25.7 Å². The third-order valence-electron chi connectivity index (χ3n) is 2.07. The molecule has 1 atom stereocenters. The van der Waals surface area contributed by atoms with Crippen molar-refractivity contribution in [2.75, 3.05) is 0 Å². The van der Waals surface area contributed by atoms with Gasteiger partial charge in [-0.25, -0.2) is 4.98 Å².